The van der Waals surface area contributed by atoms with E-state index in [2.05, 4.69) is 29.7 Å². The highest BCUT2D eigenvalue weighted by Crippen LogP contribution is 2.26. The minimum Gasteiger partial charge on any atom is -0.331 e. The molecule has 1 aromatic carbocycles. The summed E-state index contributed by atoms with van der Waals surface area (Å²) < 4.78 is 24.4. The zero-order valence-electron chi connectivity index (χ0n) is 12.0. The molecule has 0 spiro atoms. The van der Waals surface area contributed by atoms with Gasteiger partial charge in [-0.3, -0.25) is 5.43 Å². The molecule has 0 bridgehead atoms. The molecule has 0 aliphatic carbocycles. The summed E-state index contributed by atoms with van der Waals surface area (Å²) in [7, 11) is 0. The number of rotatable bonds is 7. The van der Waals surface area contributed by atoms with Crippen molar-refractivity contribution in [3.63, 3.8) is 0 Å². The molecule has 2 N–H and O–H groups in total. The Labute approximate surface area is 133 Å². The van der Waals surface area contributed by atoms with Crippen molar-refractivity contribution in [3.05, 3.63) is 24.3 Å². The molecule has 0 atom stereocenters. The third kappa shape index (κ3) is 7.38. The number of hydrogen-bond acceptors (Lipinski definition) is 3. The zero-order valence-corrected chi connectivity index (χ0v) is 13.6. The number of anilines is 1. The fourth-order valence-electron chi connectivity index (χ4n) is 1.58. The van der Waals surface area contributed by atoms with Crippen molar-refractivity contribution in [2.24, 2.45) is 11.0 Å². The van der Waals surface area contributed by atoms with Crippen molar-refractivity contribution in [1.29, 1.82) is 0 Å². The van der Waals surface area contributed by atoms with Gasteiger partial charge in [0.05, 0.1) is 0 Å². The third-order valence-corrected chi connectivity index (χ3v) is 3.75. The van der Waals surface area contributed by atoms with Crippen molar-refractivity contribution in [3.8, 4) is 0 Å². The van der Waals surface area contributed by atoms with Gasteiger partial charge in [-0.25, -0.2) is 0 Å². The molecule has 0 unspecified atom stereocenters. The lowest BCUT2D eigenvalue weighted by molar-refractivity contribution is 0.252. The van der Waals surface area contributed by atoms with Gasteiger partial charge in [0, 0.05) is 16.8 Å². The van der Waals surface area contributed by atoms with Crippen LogP contribution in [-0.2, 0) is 0 Å². The SMILES string of the molecule is CCC(C=NNC(=S)Nc1ccc(SC(F)F)cc1)CC. The zero-order chi connectivity index (χ0) is 15.7. The molecular formula is C14H19F2N3S2. The topological polar surface area (TPSA) is 36.4 Å². The lowest BCUT2D eigenvalue weighted by atomic mass is 10.1. The van der Waals surface area contributed by atoms with Gasteiger partial charge in [0.25, 0.3) is 5.76 Å². The van der Waals surface area contributed by atoms with Gasteiger partial charge in [-0.05, 0) is 55.2 Å². The van der Waals surface area contributed by atoms with Crippen molar-refractivity contribution >= 4 is 41.0 Å². The van der Waals surface area contributed by atoms with Crippen LogP contribution in [0, 0.1) is 5.92 Å². The van der Waals surface area contributed by atoms with Crippen molar-refractivity contribution in [2.45, 2.75) is 37.3 Å². The van der Waals surface area contributed by atoms with E-state index < -0.39 is 5.76 Å². The van der Waals surface area contributed by atoms with Crippen LogP contribution in [0.4, 0.5) is 14.5 Å². The van der Waals surface area contributed by atoms with Crippen molar-refractivity contribution in [2.75, 3.05) is 5.32 Å². The molecule has 0 aliphatic rings. The van der Waals surface area contributed by atoms with Gasteiger partial charge in [-0.1, -0.05) is 25.6 Å². The second-order valence-corrected chi connectivity index (χ2v) is 5.80. The van der Waals surface area contributed by atoms with E-state index in [9.17, 15) is 8.78 Å². The van der Waals surface area contributed by atoms with Crippen LogP contribution in [-0.4, -0.2) is 17.1 Å². The first-order valence-electron chi connectivity index (χ1n) is 6.70. The fraction of sp³-hybridized carbons (Fsp3) is 0.429. The van der Waals surface area contributed by atoms with Gasteiger partial charge in [-0.2, -0.15) is 13.9 Å². The Kier molecular flexibility index (Phi) is 8.22. The van der Waals surface area contributed by atoms with Crippen LogP contribution in [0.15, 0.2) is 34.3 Å². The van der Waals surface area contributed by atoms with Crippen LogP contribution >= 0.6 is 24.0 Å². The summed E-state index contributed by atoms with van der Waals surface area (Å²) in [6, 6.07) is 6.64. The summed E-state index contributed by atoms with van der Waals surface area (Å²) in [5.41, 5.74) is 3.47. The second-order valence-electron chi connectivity index (χ2n) is 4.32. The summed E-state index contributed by atoms with van der Waals surface area (Å²) in [5, 5.41) is 7.39. The van der Waals surface area contributed by atoms with E-state index in [1.54, 1.807) is 24.3 Å². The first-order valence-corrected chi connectivity index (χ1v) is 7.99. The number of hydrogen-bond donors (Lipinski definition) is 2. The first-order chi connectivity index (χ1) is 10.0. The largest absolute Gasteiger partial charge is 0.331 e. The van der Waals surface area contributed by atoms with Gasteiger partial charge in [0.15, 0.2) is 5.11 Å². The Bertz CT molecular complexity index is 460. The molecule has 0 saturated carbocycles. The number of nitrogens with zero attached hydrogens (tertiary/aromatic N) is 1. The predicted octanol–water partition coefficient (Wildman–Crippen LogP) is 4.71. The summed E-state index contributed by atoms with van der Waals surface area (Å²) >= 11 is 5.62. The number of thiocarbonyl (C=S) groups is 1. The smallest absolute Gasteiger partial charge is 0.288 e. The number of nitrogens with one attached hydrogen (secondary N) is 2. The van der Waals surface area contributed by atoms with Gasteiger partial charge in [0.1, 0.15) is 0 Å². The Balaban J connectivity index is 2.44. The molecule has 0 radical (unpaired) electrons. The highest BCUT2D eigenvalue weighted by atomic mass is 32.2. The van der Waals surface area contributed by atoms with Crippen LogP contribution in [0.2, 0.25) is 0 Å². The molecule has 0 aliphatic heterocycles. The molecule has 7 heteroatoms. The van der Waals surface area contributed by atoms with Crippen LogP contribution in [0.1, 0.15) is 26.7 Å². The average Bonchev–Trinajstić information content (AvgIpc) is 2.45. The number of halogens is 2. The normalized spacial score (nSPS) is 11.3. The van der Waals surface area contributed by atoms with Crippen LogP contribution < -0.4 is 10.7 Å². The number of hydrazone groups is 1. The highest BCUT2D eigenvalue weighted by Gasteiger charge is 2.05. The molecule has 0 amide bonds. The number of benzene rings is 1. The minimum atomic E-state index is -2.41. The number of alkyl halides is 2. The van der Waals surface area contributed by atoms with Gasteiger partial charge in [-0.15, -0.1) is 0 Å². The lowest BCUT2D eigenvalue weighted by Crippen LogP contribution is -2.24. The van der Waals surface area contributed by atoms with E-state index in [4.69, 9.17) is 12.2 Å². The van der Waals surface area contributed by atoms with E-state index in [0.29, 0.717) is 27.7 Å². The fourth-order valence-corrected chi connectivity index (χ4v) is 2.25. The Morgan fingerprint density at radius 2 is 1.90 bits per heavy atom. The molecule has 3 nitrogen and oxygen atoms in total. The van der Waals surface area contributed by atoms with E-state index in [-0.39, 0.29) is 0 Å². The standard InChI is InChI=1S/C14H19F2N3S2/c1-3-10(4-2)9-17-19-14(20)18-11-5-7-12(8-6-11)21-13(15)16/h5-10,13H,3-4H2,1-2H3,(H2,18,19,20). The lowest BCUT2D eigenvalue weighted by Gasteiger charge is -2.09. The maximum atomic E-state index is 12.2. The summed E-state index contributed by atoms with van der Waals surface area (Å²) in [6.45, 7) is 4.21. The first kappa shape index (κ1) is 17.8. The molecule has 0 fully saturated rings. The van der Waals surface area contributed by atoms with Crippen molar-refractivity contribution < 1.29 is 8.78 Å². The summed E-state index contributed by atoms with van der Waals surface area (Å²) in [5.74, 6) is -1.98. The Morgan fingerprint density at radius 3 is 2.43 bits per heavy atom. The van der Waals surface area contributed by atoms with Crippen molar-refractivity contribution in [1.82, 2.24) is 5.43 Å². The third-order valence-electron chi connectivity index (χ3n) is 2.84. The molecule has 0 aromatic heterocycles. The van der Waals surface area contributed by atoms with Crippen LogP contribution in [0.5, 0.6) is 0 Å². The Hall–Kier alpha value is -1.21. The average molecular weight is 331 g/mol. The quantitative estimate of drug-likeness (QED) is 0.328. The molecule has 0 saturated heterocycles. The molecule has 116 valence electrons. The van der Waals surface area contributed by atoms with E-state index in [0.717, 1.165) is 18.5 Å². The summed E-state index contributed by atoms with van der Waals surface area (Å²) in [4.78, 5) is 0.515. The molecule has 1 rings (SSSR count). The van der Waals surface area contributed by atoms with E-state index in [1.165, 1.54) is 0 Å². The van der Waals surface area contributed by atoms with E-state index in [1.807, 2.05) is 6.21 Å². The molecular weight excluding hydrogens is 312 g/mol. The predicted molar refractivity (Wildman–Crippen MR) is 90.2 cm³/mol. The molecule has 1 aromatic rings. The summed E-state index contributed by atoms with van der Waals surface area (Å²) in [6.07, 6.45) is 3.91. The maximum absolute atomic E-state index is 12.2. The van der Waals surface area contributed by atoms with Gasteiger partial charge < -0.3 is 5.32 Å². The molecule has 0 heterocycles. The second kappa shape index (κ2) is 9.68. The van der Waals surface area contributed by atoms with Gasteiger partial charge >= 0.3 is 0 Å². The van der Waals surface area contributed by atoms with Crippen LogP contribution in [0.3, 0.4) is 0 Å². The molecule has 21 heavy (non-hydrogen) atoms. The Morgan fingerprint density at radius 1 is 1.29 bits per heavy atom. The number of thioether (sulfide) groups is 1. The van der Waals surface area contributed by atoms with Crippen LogP contribution in [0.25, 0.3) is 0 Å². The maximum Gasteiger partial charge on any atom is 0.288 e. The highest BCUT2D eigenvalue weighted by molar-refractivity contribution is 7.99. The van der Waals surface area contributed by atoms with Gasteiger partial charge in [0.2, 0.25) is 0 Å². The van der Waals surface area contributed by atoms with E-state index >= 15 is 0 Å². The minimum absolute atomic E-state index is 0.367. The monoisotopic (exact) mass is 331 g/mol.